The van der Waals surface area contributed by atoms with E-state index in [0.29, 0.717) is 18.1 Å². The summed E-state index contributed by atoms with van der Waals surface area (Å²) in [6.45, 7) is 6.97. The summed E-state index contributed by atoms with van der Waals surface area (Å²) in [5.41, 5.74) is 0.796. The molecule has 25 heavy (non-hydrogen) atoms. The zero-order chi connectivity index (χ0) is 18.0. The van der Waals surface area contributed by atoms with Crippen LogP contribution in [0.4, 0.5) is 0 Å². The summed E-state index contributed by atoms with van der Waals surface area (Å²) in [6.07, 6.45) is 2.33. The maximum absolute atomic E-state index is 12.6. The van der Waals surface area contributed by atoms with Crippen molar-refractivity contribution >= 4 is 5.91 Å². The van der Waals surface area contributed by atoms with Gasteiger partial charge in [-0.2, -0.15) is 4.98 Å². The first-order valence-corrected chi connectivity index (χ1v) is 8.65. The van der Waals surface area contributed by atoms with E-state index in [1.54, 1.807) is 7.11 Å². The fourth-order valence-corrected chi connectivity index (χ4v) is 3.13. The molecule has 3 rings (SSSR count). The number of methoxy groups -OCH3 is 1. The number of nitrogens with zero attached hydrogens (tertiary/aromatic N) is 3. The summed E-state index contributed by atoms with van der Waals surface area (Å²) in [7, 11) is 1.62. The van der Waals surface area contributed by atoms with Gasteiger partial charge in [-0.25, -0.2) is 0 Å². The first kappa shape index (κ1) is 17.5. The summed E-state index contributed by atoms with van der Waals surface area (Å²) < 4.78 is 10.7. The Morgan fingerprint density at radius 2 is 2.20 bits per heavy atom. The van der Waals surface area contributed by atoms with Gasteiger partial charge in [-0.05, 0) is 30.4 Å². The average Bonchev–Trinajstić information content (AvgIpc) is 3.22. The van der Waals surface area contributed by atoms with Crippen molar-refractivity contribution in [2.75, 3.05) is 13.7 Å². The van der Waals surface area contributed by atoms with E-state index in [9.17, 15) is 4.79 Å². The largest absolute Gasteiger partial charge is 0.497 e. The first-order chi connectivity index (χ1) is 11.9. The molecule has 2 aromatic rings. The van der Waals surface area contributed by atoms with Gasteiger partial charge >= 0.3 is 0 Å². The number of aromatic nitrogens is 2. The lowest BCUT2D eigenvalue weighted by Crippen LogP contribution is -2.33. The lowest BCUT2D eigenvalue weighted by Gasteiger charge is -2.26. The summed E-state index contributed by atoms with van der Waals surface area (Å²) in [4.78, 5) is 19.0. The van der Waals surface area contributed by atoms with Crippen LogP contribution in [0.1, 0.15) is 52.0 Å². The van der Waals surface area contributed by atoms with Crippen LogP contribution in [0.25, 0.3) is 11.4 Å². The number of rotatable bonds is 4. The molecule has 1 atom stereocenters. The maximum atomic E-state index is 12.6. The van der Waals surface area contributed by atoms with Crippen LogP contribution < -0.4 is 4.74 Å². The Morgan fingerprint density at radius 3 is 2.92 bits per heavy atom. The molecule has 0 N–H and O–H groups in total. The highest BCUT2D eigenvalue weighted by molar-refractivity contribution is 5.77. The predicted molar refractivity (Wildman–Crippen MR) is 94.0 cm³/mol. The molecule has 0 radical (unpaired) electrons. The van der Waals surface area contributed by atoms with Crippen molar-refractivity contribution in [1.82, 2.24) is 15.0 Å². The monoisotopic (exact) mass is 343 g/mol. The van der Waals surface area contributed by atoms with Crippen LogP contribution in [0, 0.1) is 5.41 Å². The zero-order valence-electron chi connectivity index (χ0n) is 15.3. The Bertz CT molecular complexity index is 748. The molecular weight excluding hydrogens is 318 g/mol. The van der Waals surface area contributed by atoms with Crippen molar-refractivity contribution in [3.05, 3.63) is 30.2 Å². The lowest BCUT2D eigenvalue weighted by atomic mass is 9.91. The number of ether oxygens (including phenoxy) is 1. The number of hydrogen-bond acceptors (Lipinski definition) is 5. The molecule has 6 nitrogen and oxygen atoms in total. The van der Waals surface area contributed by atoms with Crippen molar-refractivity contribution in [3.8, 4) is 17.1 Å². The second kappa shape index (κ2) is 6.86. The lowest BCUT2D eigenvalue weighted by molar-refractivity contribution is -0.134. The highest BCUT2D eigenvalue weighted by Crippen LogP contribution is 2.34. The van der Waals surface area contributed by atoms with Crippen LogP contribution in [0.15, 0.2) is 28.8 Å². The molecule has 2 heterocycles. The van der Waals surface area contributed by atoms with E-state index in [0.717, 1.165) is 30.7 Å². The van der Waals surface area contributed by atoms with Gasteiger partial charge in [0.1, 0.15) is 11.8 Å². The molecular formula is C19H25N3O3. The molecule has 6 heteroatoms. The third kappa shape index (κ3) is 4.00. The minimum Gasteiger partial charge on any atom is -0.497 e. The minimum atomic E-state index is -0.123. The molecule has 1 aliphatic rings. The Morgan fingerprint density at radius 1 is 1.40 bits per heavy atom. The van der Waals surface area contributed by atoms with Crippen LogP contribution >= 0.6 is 0 Å². The van der Waals surface area contributed by atoms with Crippen molar-refractivity contribution in [3.63, 3.8) is 0 Å². The Hall–Kier alpha value is -2.37. The molecule has 0 spiro atoms. The van der Waals surface area contributed by atoms with Crippen LogP contribution in [-0.4, -0.2) is 34.6 Å². The van der Waals surface area contributed by atoms with Crippen molar-refractivity contribution in [2.45, 2.75) is 46.1 Å². The van der Waals surface area contributed by atoms with Gasteiger partial charge < -0.3 is 14.2 Å². The molecule has 134 valence electrons. The maximum Gasteiger partial charge on any atom is 0.249 e. The molecule has 1 fully saturated rings. The smallest absolute Gasteiger partial charge is 0.249 e. The summed E-state index contributed by atoms with van der Waals surface area (Å²) in [6, 6.07) is 7.41. The molecule has 1 amide bonds. The first-order valence-electron chi connectivity index (χ1n) is 8.65. The van der Waals surface area contributed by atoms with Gasteiger partial charge in [0, 0.05) is 18.5 Å². The van der Waals surface area contributed by atoms with Crippen LogP contribution in [0.2, 0.25) is 0 Å². The summed E-state index contributed by atoms with van der Waals surface area (Å²) in [5, 5.41) is 4.10. The molecule has 1 aromatic carbocycles. The fraction of sp³-hybridized carbons (Fsp3) is 0.526. The van der Waals surface area contributed by atoms with E-state index >= 15 is 0 Å². The van der Waals surface area contributed by atoms with Gasteiger partial charge in [0.05, 0.1) is 7.11 Å². The number of carbonyl (C=O) groups is 1. The second-order valence-corrected chi connectivity index (χ2v) is 7.67. The fourth-order valence-electron chi connectivity index (χ4n) is 3.13. The molecule has 0 unspecified atom stereocenters. The van der Waals surface area contributed by atoms with Gasteiger partial charge in [-0.3, -0.25) is 4.79 Å². The molecule has 0 aliphatic carbocycles. The van der Waals surface area contributed by atoms with E-state index < -0.39 is 0 Å². The van der Waals surface area contributed by atoms with E-state index in [1.165, 1.54) is 0 Å². The quantitative estimate of drug-likeness (QED) is 0.843. The molecule has 0 bridgehead atoms. The normalized spacial score (nSPS) is 17.8. The van der Waals surface area contributed by atoms with E-state index in [1.807, 2.05) is 29.2 Å². The van der Waals surface area contributed by atoms with Crippen LogP contribution in [-0.2, 0) is 4.79 Å². The third-order valence-corrected chi connectivity index (χ3v) is 4.31. The van der Waals surface area contributed by atoms with Gasteiger partial charge in [0.25, 0.3) is 0 Å². The molecule has 0 saturated carbocycles. The SMILES string of the molecule is COc1cccc(-c2noc([C@H]3CCCN3C(=O)CC(C)(C)C)n2)c1. The summed E-state index contributed by atoms with van der Waals surface area (Å²) in [5.74, 6) is 1.92. The Labute approximate surface area is 148 Å². The second-order valence-electron chi connectivity index (χ2n) is 7.67. The number of likely N-dealkylation sites (tertiary alicyclic amines) is 1. The van der Waals surface area contributed by atoms with Gasteiger partial charge in [0.2, 0.25) is 17.6 Å². The molecule has 1 aliphatic heterocycles. The average molecular weight is 343 g/mol. The van der Waals surface area contributed by atoms with Crippen LogP contribution in [0.5, 0.6) is 5.75 Å². The minimum absolute atomic E-state index is 0.0369. The van der Waals surface area contributed by atoms with E-state index in [-0.39, 0.29) is 17.4 Å². The van der Waals surface area contributed by atoms with Crippen LogP contribution in [0.3, 0.4) is 0 Å². The van der Waals surface area contributed by atoms with Gasteiger partial charge in [0.15, 0.2) is 0 Å². The number of benzene rings is 1. The highest BCUT2D eigenvalue weighted by Gasteiger charge is 2.35. The van der Waals surface area contributed by atoms with Gasteiger partial charge in [-0.1, -0.05) is 38.1 Å². The number of amides is 1. The van der Waals surface area contributed by atoms with E-state index in [2.05, 4.69) is 30.9 Å². The number of hydrogen-bond donors (Lipinski definition) is 0. The third-order valence-electron chi connectivity index (χ3n) is 4.31. The molecule has 1 aromatic heterocycles. The number of carbonyl (C=O) groups excluding carboxylic acids is 1. The Balaban J connectivity index is 1.80. The molecule has 1 saturated heterocycles. The van der Waals surface area contributed by atoms with Crippen molar-refractivity contribution < 1.29 is 14.1 Å². The summed E-state index contributed by atoms with van der Waals surface area (Å²) >= 11 is 0. The van der Waals surface area contributed by atoms with Crippen molar-refractivity contribution in [1.29, 1.82) is 0 Å². The Kier molecular flexibility index (Phi) is 4.79. The zero-order valence-corrected chi connectivity index (χ0v) is 15.3. The predicted octanol–water partition coefficient (Wildman–Crippen LogP) is 3.84. The van der Waals surface area contributed by atoms with Gasteiger partial charge in [-0.15, -0.1) is 0 Å². The topological polar surface area (TPSA) is 68.5 Å². The van der Waals surface area contributed by atoms with E-state index in [4.69, 9.17) is 9.26 Å². The van der Waals surface area contributed by atoms with Crippen molar-refractivity contribution in [2.24, 2.45) is 5.41 Å². The standard InChI is InChI=1S/C19H25N3O3/c1-19(2,3)12-16(23)22-10-6-9-15(22)18-20-17(21-25-18)13-7-5-8-14(11-13)24-4/h5,7-8,11,15H,6,9-10,12H2,1-4H3/t15-/m1/s1. The highest BCUT2D eigenvalue weighted by atomic mass is 16.5.